The van der Waals surface area contributed by atoms with Crippen LogP contribution < -0.4 is 10.2 Å². The van der Waals surface area contributed by atoms with Crippen molar-refractivity contribution in [3.05, 3.63) is 11.9 Å². The minimum Gasteiger partial charge on any atom is -0.380 e. The molecule has 108 valence electrons. The Morgan fingerprint density at radius 2 is 2.05 bits per heavy atom. The first-order valence-electron chi connectivity index (χ1n) is 7.11. The van der Waals surface area contributed by atoms with Crippen molar-refractivity contribution in [3.63, 3.8) is 0 Å². The average molecular weight is 266 g/mol. The van der Waals surface area contributed by atoms with E-state index in [-0.39, 0.29) is 0 Å². The van der Waals surface area contributed by atoms with E-state index in [9.17, 15) is 0 Å². The fraction of sp³-hybridized carbons (Fsp3) is 0.714. The van der Waals surface area contributed by atoms with Gasteiger partial charge in [0.05, 0.1) is 6.61 Å². The summed E-state index contributed by atoms with van der Waals surface area (Å²) in [5.74, 6) is 2.76. The van der Waals surface area contributed by atoms with E-state index in [1.807, 2.05) is 20.0 Å². The van der Waals surface area contributed by atoms with Crippen LogP contribution in [0.1, 0.15) is 33.0 Å². The number of aromatic nitrogens is 2. The zero-order valence-corrected chi connectivity index (χ0v) is 12.6. The molecule has 0 bridgehead atoms. The number of likely N-dealkylation sites (N-methyl/N-ethyl adjacent to an activating group) is 1. The van der Waals surface area contributed by atoms with E-state index < -0.39 is 0 Å². The van der Waals surface area contributed by atoms with Crippen LogP contribution in [0.2, 0.25) is 0 Å². The van der Waals surface area contributed by atoms with Crippen LogP contribution in [0.4, 0.5) is 11.6 Å². The maximum Gasteiger partial charge on any atom is 0.134 e. The Balaban J connectivity index is 2.78. The largest absolute Gasteiger partial charge is 0.380 e. The molecule has 0 aromatic carbocycles. The predicted octanol–water partition coefficient (Wildman–Crippen LogP) is 2.33. The molecule has 0 amide bonds. The van der Waals surface area contributed by atoms with Gasteiger partial charge >= 0.3 is 0 Å². The standard InChI is InChI=1S/C14H26N4O/c1-5-8-12-16-13(15-6-2)11-14(17-12)18(4)9-10-19-7-3/h11H,5-10H2,1-4H3,(H,15,16,17). The van der Waals surface area contributed by atoms with Crippen LogP contribution in [0.25, 0.3) is 0 Å². The quantitative estimate of drug-likeness (QED) is 0.695. The highest BCUT2D eigenvalue weighted by atomic mass is 16.5. The van der Waals surface area contributed by atoms with Crippen molar-refractivity contribution >= 4 is 11.6 Å². The van der Waals surface area contributed by atoms with Gasteiger partial charge in [0, 0.05) is 39.2 Å². The van der Waals surface area contributed by atoms with E-state index >= 15 is 0 Å². The van der Waals surface area contributed by atoms with Gasteiger partial charge in [-0.05, 0) is 20.3 Å². The summed E-state index contributed by atoms with van der Waals surface area (Å²) in [6, 6.07) is 1.99. The molecular weight excluding hydrogens is 240 g/mol. The van der Waals surface area contributed by atoms with Gasteiger partial charge in [0.2, 0.25) is 0 Å². The van der Waals surface area contributed by atoms with Crippen LogP contribution in [-0.2, 0) is 11.2 Å². The molecule has 5 heteroatoms. The van der Waals surface area contributed by atoms with Gasteiger partial charge in [-0.15, -0.1) is 0 Å². The van der Waals surface area contributed by atoms with E-state index in [4.69, 9.17) is 4.74 Å². The number of anilines is 2. The molecule has 1 heterocycles. The molecule has 0 saturated carbocycles. The van der Waals surface area contributed by atoms with Crippen molar-refractivity contribution in [2.45, 2.75) is 33.6 Å². The van der Waals surface area contributed by atoms with Gasteiger partial charge in [0.15, 0.2) is 0 Å². The molecule has 0 aliphatic rings. The number of aryl methyl sites for hydroxylation is 1. The topological polar surface area (TPSA) is 50.3 Å². The summed E-state index contributed by atoms with van der Waals surface area (Å²) >= 11 is 0. The van der Waals surface area contributed by atoms with Gasteiger partial charge in [0.1, 0.15) is 17.5 Å². The maximum atomic E-state index is 5.38. The van der Waals surface area contributed by atoms with E-state index in [2.05, 4.69) is 34.0 Å². The van der Waals surface area contributed by atoms with Crippen LogP contribution in [0.5, 0.6) is 0 Å². The molecule has 0 fully saturated rings. The molecule has 0 aliphatic carbocycles. The lowest BCUT2D eigenvalue weighted by Crippen LogP contribution is -2.24. The van der Waals surface area contributed by atoms with Gasteiger partial charge in [-0.2, -0.15) is 0 Å². The van der Waals surface area contributed by atoms with Crippen LogP contribution in [0, 0.1) is 0 Å². The highest BCUT2D eigenvalue weighted by Gasteiger charge is 2.07. The first kappa shape index (κ1) is 15.7. The van der Waals surface area contributed by atoms with Crippen LogP contribution >= 0.6 is 0 Å². The predicted molar refractivity (Wildman–Crippen MR) is 80.0 cm³/mol. The summed E-state index contributed by atoms with van der Waals surface area (Å²) in [6.07, 6.45) is 1.96. The number of nitrogens with zero attached hydrogens (tertiary/aromatic N) is 3. The molecular formula is C14H26N4O. The Morgan fingerprint density at radius 1 is 1.26 bits per heavy atom. The molecule has 0 spiro atoms. The lowest BCUT2D eigenvalue weighted by Gasteiger charge is -2.19. The summed E-state index contributed by atoms with van der Waals surface area (Å²) in [6.45, 7) is 9.39. The third-order valence-electron chi connectivity index (χ3n) is 2.76. The van der Waals surface area contributed by atoms with Gasteiger partial charge in [-0.1, -0.05) is 6.92 Å². The average Bonchev–Trinajstić information content (AvgIpc) is 2.39. The van der Waals surface area contributed by atoms with Crippen molar-refractivity contribution in [3.8, 4) is 0 Å². The highest BCUT2D eigenvalue weighted by Crippen LogP contribution is 2.15. The normalized spacial score (nSPS) is 10.5. The third kappa shape index (κ3) is 5.42. The van der Waals surface area contributed by atoms with E-state index in [0.29, 0.717) is 0 Å². The van der Waals surface area contributed by atoms with Crippen LogP contribution in [0.15, 0.2) is 6.07 Å². The van der Waals surface area contributed by atoms with Crippen molar-refractivity contribution < 1.29 is 4.74 Å². The Hall–Kier alpha value is -1.36. The summed E-state index contributed by atoms with van der Waals surface area (Å²) in [5.41, 5.74) is 0. The fourth-order valence-corrected chi connectivity index (χ4v) is 1.75. The third-order valence-corrected chi connectivity index (χ3v) is 2.76. The molecule has 0 atom stereocenters. The Bertz CT molecular complexity index is 346. The van der Waals surface area contributed by atoms with Crippen molar-refractivity contribution in [2.24, 2.45) is 0 Å². The molecule has 0 aliphatic heterocycles. The van der Waals surface area contributed by atoms with Crippen molar-refractivity contribution in [2.75, 3.05) is 43.6 Å². The smallest absolute Gasteiger partial charge is 0.134 e. The molecule has 0 unspecified atom stereocenters. The number of rotatable bonds is 9. The second kappa shape index (κ2) is 8.69. The van der Waals surface area contributed by atoms with E-state index in [1.54, 1.807) is 0 Å². The molecule has 5 nitrogen and oxygen atoms in total. The maximum absolute atomic E-state index is 5.38. The second-order valence-electron chi connectivity index (χ2n) is 4.43. The Labute approximate surface area is 116 Å². The molecule has 1 N–H and O–H groups in total. The number of ether oxygens (including phenoxy) is 1. The van der Waals surface area contributed by atoms with Gasteiger partial charge in [-0.3, -0.25) is 0 Å². The van der Waals surface area contributed by atoms with Crippen molar-refractivity contribution in [1.29, 1.82) is 0 Å². The summed E-state index contributed by atoms with van der Waals surface area (Å²) in [5, 5.41) is 3.26. The lowest BCUT2D eigenvalue weighted by atomic mass is 10.3. The zero-order chi connectivity index (χ0) is 14.1. The molecule has 1 aromatic heterocycles. The SMILES string of the molecule is CCCc1nc(NCC)cc(N(C)CCOCC)n1. The van der Waals surface area contributed by atoms with Gasteiger partial charge < -0.3 is 15.0 Å². The van der Waals surface area contributed by atoms with Crippen LogP contribution in [-0.4, -0.2) is 43.3 Å². The first-order chi connectivity index (χ1) is 9.21. The monoisotopic (exact) mass is 266 g/mol. The zero-order valence-electron chi connectivity index (χ0n) is 12.6. The lowest BCUT2D eigenvalue weighted by molar-refractivity contribution is 0.154. The minimum absolute atomic E-state index is 0.719. The highest BCUT2D eigenvalue weighted by molar-refractivity contribution is 5.49. The molecule has 19 heavy (non-hydrogen) atoms. The van der Waals surface area contributed by atoms with Gasteiger partial charge in [0.25, 0.3) is 0 Å². The summed E-state index contributed by atoms with van der Waals surface area (Å²) < 4.78 is 5.38. The van der Waals surface area contributed by atoms with Crippen molar-refractivity contribution in [1.82, 2.24) is 9.97 Å². The van der Waals surface area contributed by atoms with E-state index in [1.165, 1.54) is 0 Å². The molecule has 0 radical (unpaired) electrons. The Morgan fingerprint density at radius 3 is 2.68 bits per heavy atom. The number of hydrogen-bond acceptors (Lipinski definition) is 5. The molecule has 0 saturated heterocycles. The van der Waals surface area contributed by atoms with E-state index in [0.717, 1.165) is 56.6 Å². The second-order valence-corrected chi connectivity index (χ2v) is 4.43. The molecule has 1 rings (SSSR count). The van der Waals surface area contributed by atoms with Gasteiger partial charge in [-0.25, -0.2) is 9.97 Å². The number of hydrogen-bond donors (Lipinski definition) is 1. The minimum atomic E-state index is 0.719. The molecule has 1 aromatic rings. The Kier molecular flexibility index (Phi) is 7.18. The van der Waals surface area contributed by atoms with Crippen LogP contribution in [0.3, 0.4) is 0 Å². The summed E-state index contributed by atoms with van der Waals surface area (Å²) in [4.78, 5) is 11.2. The number of nitrogens with one attached hydrogen (secondary N) is 1. The first-order valence-corrected chi connectivity index (χ1v) is 7.11. The fourth-order valence-electron chi connectivity index (χ4n) is 1.75. The summed E-state index contributed by atoms with van der Waals surface area (Å²) in [7, 11) is 2.03.